The SMILES string of the molecule is COC(=O)NC(C)C(=O)N(C)Cc1nc2ccc(Cl)cc2[nH]1. The first-order valence-electron chi connectivity index (χ1n) is 6.64. The van der Waals surface area contributed by atoms with E-state index in [1.165, 1.54) is 12.0 Å². The van der Waals surface area contributed by atoms with Crippen LogP contribution in [-0.2, 0) is 16.1 Å². The highest BCUT2D eigenvalue weighted by Crippen LogP contribution is 2.17. The monoisotopic (exact) mass is 324 g/mol. The van der Waals surface area contributed by atoms with Crippen LogP contribution in [0.4, 0.5) is 4.79 Å². The van der Waals surface area contributed by atoms with E-state index in [9.17, 15) is 9.59 Å². The molecule has 2 aromatic rings. The van der Waals surface area contributed by atoms with E-state index in [2.05, 4.69) is 20.0 Å². The molecular formula is C14H17ClN4O3. The van der Waals surface area contributed by atoms with E-state index in [0.29, 0.717) is 17.4 Å². The zero-order valence-electron chi connectivity index (χ0n) is 12.5. The number of rotatable bonds is 4. The first kappa shape index (κ1) is 16.1. The molecule has 118 valence electrons. The normalized spacial score (nSPS) is 12.0. The number of hydrogen-bond donors (Lipinski definition) is 2. The summed E-state index contributed by atoms with van der Waals surface area (Å²) in [5.41, 5.74) is 1.59. The molecule has 0 aliphatic carbocycles. The standard InChI is InChI=1S/C14H17ClN4O3/c1-8(16-14(21)22-3)13(20)19(2)7-12-17-10-5-4-9(15)6-11(10)18-12/h4-6,8H,7H2,1-3H3,(H,16,21)(H,17,18). The van der Waals surface area contributed by atoms with Gasteiger partial charge in [0.05, 0.1) is 24.7 Å². The Bertz CT molecular complexity index is 700. The van der Waals surface area contributed by atoms with Gasteiger partial charge in [0, 0.05) is 12.1 Å². The van der Waals surface area contributed by atoms with Gasteiger partial charge in [0.2, 0.25) is 5.91 Å². The molecule has 2 N–H and O–H groups in total. The number of benzene rings is 1. The Hall–Kier alpha value is -2.28. The lowest BCUT2D eigenvalue weighted by Crippen LogP contribution is -2.45. The molecule has 0 spiro atoms. The highest BCUT2D eigenvalue weighted by atomic mass is 35.5. The molecule has 1 unspecified atom stereocenters. The van der Waals surface area contributed by atoms with Gasteiger partial charge in [-0.25, -0.2) is 9.78 Å². The summed E-state index contributed by atoms with van der Waals surface area (Å²) < 4.78 is 4.47. The van der Waals surface area contributed by atoms with Crippen LogP contribution < -0.4 is 5.32 Å². The number of halogens is 1. The summed E-state index contributed by atoms with van der Waals surface area (Å²) in [4.78, 5) is 32.3. The number of H-pyrrole nitrogens is 1. The van der Waals surface area contributed by atoms with Gasteiger partial charge in [-0.15, -0.1) is 0 Å². The molecule has 1 atom stereocenters. The number of nitrogens with zero attached hydrogens (tertiary/aromatic N) is 2. The molecule has 2 amide bonds. The molecule has 1 aromatic heterocycles. The molecule has 22 heavy (non-hydrogen) atoms. The molecule has 0 radical (unpaired) electrons. The smallest absolute Gasteiger partial charge is 0.407 e. The van der Waals surface area contributed by atoms with Crippen molar-refractivity contribution in [3.8, 4) is 0 Å². The average Bonchev–Trinajstić information content (AvgIpc) is 2.87. The molecule has 0 bridgehead atoms. The summed E-state index contributed by atoms with van der Waals surface area (Å²) in [7, 11) is 2.88. The topological polar surface area (TPSA) is 87.3 Å². The number of likely N-dealkylation sites (N-methyl/N-ethyl adjacent to an activating group) is 1. The number of amides is 2. The molecule has 0 aliphatic heterocycles. The number of aromatic amines is 1. The molecule has 1 heterocycles. The fourth-order valence-electron chi connectivity index (χ4n) is 2.04. The molecule has 0 saturated heterocycles. The Balaban J connectivity index is 2.04. The largest absolute Gasteiger partial charge is 0.453 e. The van der Waals surface area contributed by atoms with E-state index >= 15 is 0 Å². The number of fused-ring (bicyclic) bond motifs is 1. The Morgan fingerprint density at radius 3 is 2.91 bits per heavy atom. The minimum Gasteiger partial charge on any atom is -0.453 e. The van der Waals surface area contributed by atoms with Gasteiger partial charge in [0.1, 0.15) is 11.9 Å². The number of hydrogen-bond acceptors (Lipinski definition) is 4. The van der Waals surface area contributed by atoms with Crippen LogP contribution >= 0.6 is 11.6 Å². The third-order valence-electron chi connectivity index (χ3n) is 3.15. The van der Waals surface area contributed by atoms with Crippen molar-refractivity contribution in [1.29, 1.82) is 0 Å². The van der Waals surface area contributed by atoms with Gasteiger partial charge < -0.3 is 19.9 Å². The highest BCUT2D eigenvalue weighted by Gasteiger charge is 2.20. The van der Waals surface area contributed by atoms with E-state index in [1.54, 1.807) is 32.2 Å². The predicted molar refractivity (Wildman–Crippen MR) is 82.6 cm³/mol. The Morgan fingerprint density at radius 2 is 2.23 bits per heavy atom. The van der Waals surface area contributed by atoms with Gasteiger partial charge >= 0.3 is 6.09 Å². The second kappa shape index (κ2) is 6.65. The number of ether oxygens (including phenoxy) is 1. The lowest BCUT2D eigenvalue weighted by atomic mass is 10.3. The van der Waals surface area contributed by atoms with Crippen LogP contribution in [0.15, 0.2) is 18.2 Å². The maximum atomic E-state index is 12.2. The summed E-state index contributed by atoms with van der Waals surface area (Å²) in [6, 6.07) is 4.65. The second-order valence-corrected chi connectivity index (χ2v) is 5.33. The fraction of sp³-hybridized carbons (Fsp3) is 0.357. The van der Waals surface area contributed by atoms with E-state index in [0.717, 1.165) is 11.0 Å². The Kier molecular flexibility index (Phi) is 4.87. The summed E-state index contributed by atoms with van der Waals surface area (Å²) in [5, 5.41) is 3.04. The van der Waals surface area contributed by atoms with E-state index in [-0.39, 0.29) is 5.91 Å². The summed E-state index contributed by atoms with van der Waals surface area (Å²) in [5.74, 6) is 0.391. The van der Waals surface area contributed by atoms with Crippen molar-refractivity contribution in [2.24, 2.45) is 0 Å². The number of carbonyl (C=O) groups excluding carboxylic acids is 2. The molecule has 0 fully saturated rings. The van der Waals surface area contributed by atoms with Gasteiger partial charge in [-0.05, 0) is 25.1 Å². The number of imidazole rings is 1. The van der Waals surface area contributed by atoms with E-state index < -0.39 is 12.1 Å². The lowest BCUT2D eigenvalue weighted by Gasteiger charge is -2.20. The number of methoxy groups -OCH3 is 1. The van der Waals surface area contributed by atoms with Crippen LogP contribution in [0.2, 0.25) is 5.02 Å². The third-order valence-corrected chi connectivity index (χ3v) is 3.38. The fourth-order valence-corrected chi connectivity index (χ4v) is 2.21. The zero-order chi connectivity index (χ0) is 16.3. The minimum absolute atomic E-state index is 0.246. The molecule has 7 nitrogen and oxygen atoms in total. The number of alkyl carbamates (subject to hydrolysis) is 1. The Morgan fingerprint density at radius 1 is 1.50 bits per heavy atom. The number of nitrogens with one attached hydrogen (secondary N) is 2. The zero-order valence-corrected chi connectivity index (χ0v) is 13.3. The minimum atomic E-state index is -0.684. The molecule has 0 aliphatic rings. The van der Waals surface area contributed by atoms with Crippen LogP contribution in [0.3, 0.4) is 0 Å². The van der Waals surface area contributed by atoms with Crippen LogP contribution in [0.1, 0.15) is 12.7 Å². The second-order valence-electron chi connectivity index (χ2n) is 4.90. The Labute approximate surface area is 132 Å². The molecular weight excluding hydrogens is 308 g/mol. The maximum Gasteiger partial charge on any atom is 0.407 e. The van der Waals surface area contributed by atoms with Gasteiger partial charge in [-0.2, -0.15) is 0 Å². The molecule has 8 heteroatoms. The summed E-state index contributed by atoms with van der Waals surface area (Å²) in [6.07, 6.45) is -0.646. The quantitative estimate of drug-likeness (QED) is 0.899. The summed E-state index contributed by atoms with van der Waals surface area (Å²) in [6.45, 7) is 1.88. The van der Waals surface area contributed by atoms with Crippen LogP contribution in [0.25, 0.3) is 11.0 Å². The third kappa shape index (κ3) is 3.67. The van der Waals surface area contributed by atoms with Crippen molar-refractivity contribution in [3.05, 3.63) is 29.0 Å². The van der Waals surface area contributed by atoms with Gasteiger partial charge in [0.15, 0.2) is 0 Å². The predicted octanol–water partition coefficient (Wildman–Crippen LogP) is 1.92. The van der Waals surface area contributed by atoms with Crippen molar-refractivity contribution >= 4 is 34.6 Å². The molecule has 1 aromatic carbocycles. The van der Waals surface area contributed by atoms with Crippen molar-refractivity contribution < 1.29 is 14.3 Å². The average molecular weight is 325 g/mol. The number of aromatic nitrogens is 2. The van der Waals surface area contributed by atoms with E-state index in [1.807, 2.05) is 0 Å². The highest BCUT2D eigenvalue weighted by molar-refractivity contribution is 6.31. The van der Waals surface area contributed by atoms with Crippen molar-refractivity contribution in [2.75, 3.05) is 14.2 Å². The van der Waals surface area contributed by atoms with Gasteiger partial charge in [-0.3, -0.25) is 4.79 Å². The van der Waals surface area contributed by atoms with Crippen molar-refractivity contribution in [2.45, 2.75) is 19.5 Å². The molecule has 2 rings (SSSR count). The first-order valence-corrected chi connectivity index (χ1v) is 7.02. The maximum absolute atomic E-state index is 12.2. The number of carbonyl (C=O) groups is 2. The van der Waals surface area contributed by atoms with E-state index in [4.69, 9.17) is 11.6 Å². The van der Waals surface area contributed by atoms with Crippen LogP contribution in [0, 0.1) is 0 Å². The first-order chi connectivity index (χ1) is 10.4. The molecule has 0 saturated carbocycles. The van der Waals surface area contributed by atoms with Crippen LogP contribution in [0.5, 0.6) is 0 Å². The lowest BCUT2D eigenvalue weighted by molar-refractivity contribution is -0.132. The van der Waals surface area contributed by atoms with Crippen molar-refractivity contribution in [3.63, 3.8) is 0 Å². The summed E-state index contributed by atoms with van der Waals surface area (Å²) >= 11 is 5.92. The van der Waals surface area contributed by atoms with Crippen molar-refractivity contribution in [1.82, 2.24) is 20.2 Å². The van der Waals surface area contributed by atoms with Crippen LogP contribution in [-0.4, -0.2) is 47.1 Å². The van der Waals surface area contributed by atoms with Gasteiger partial charge in [0.25, 0.3) is 0 Å². The van der Waals surface area contributed by atoms with Gasteiger partial charge in [-0.1, -0.05) is 11.6 Å².